The molecule has 70 valence electrons. The zero-order chi connectivity index (χ0) is 9.68. The minimum Gasteiger partial charge on any atom is -0.505 e. The van der Waals surface area contributed by atoms with Crippen LogP contribution in [0.4, 0.5) is 0 Å². The van der Waals surface area contributed by atoms with E-state index in [2.05, 4.69) is 32.0 Å². The number of allylic oxidation sites excluding steroid dienone is 1. The second-order valence-corrected chi connectivity index (χ2v) is 3.18. The maximum absolute atomic E-state index is 4.86. The van der Waals surface area contributed by atoms with Crippen LogP contribution in [0.15, 0.2) is 30.5 Å². The summed E-state index contributed by atoms with van der Waals surface area (Å²) in [5.41, 5.74) is 4.09. The zero-order valence-corrected chi connectivity index (χ0v) is 8.50. The fourth-order valence-electron chi connectivity index (χ4n) is 1.43. The van der Waals surface area contributed by atoms with Gasteiger partial charge in [0.05, 0.1) is 13.4 Å². The molecule has 0 heterocycles. The first-order valence-corrected chi connectivity index (χ1v) is 4.48. The van der Waals surface area contributed by atoms with Gasteiger partial charge in [0, 0.05) is 0 Å². The molecule has 0 unspecified atom stereocenters. The second kappa shape index (κ2) is 4.70. The van der Waals surface area contributed by atoms with E-state index in [1.807, 2.05) is 6.08 Å². The minimum absolute atomic E-state index is 0.951. The molecule has 1 rings (SSSR count). The Labute approximate surface area is 80.0 Å². The Hall–Kier alpha value is -1.24. The van der Waals surface area contributed by atoms with Crippen LogP contribution in [0, 0.1) is 13.8 Å². The van der Waals surface area contributed by atoms with Gasteiger partial charge in [0.2, 0.25) is 0 Å². The van der Waals surface area contributed by atoms with E-state index in [1.54, 1.807) is 13.4 Å². The molecule has 0 atom stereocenters. The van der Waals surface area contributed by atoms with Crippen LogP contribution in [0.3, 0.4) is 0 Å². The number of aryl methyl sites for hydroxylation is 2. The van der Waals surface area contributed by atoms with E-state index in [0.29, 0.717) is 0 Å². The summed E-state index contributed by atoms with van der Waals surface area (Å²) in [6.07, 6.45) is 4.72. The van der Waals surface area contributed by atoms with Crippen molar-refractivity contribution in [3.05, 3.63) is 47.2 Å². The standard InChI is InChI=1S/C12H16O/c1-10-6-4-7-11(2)12(10)8-5-9-13-3/h4-7,9H,8H2,1-3H3. The van der Waals surface area contributed by atoms with E-state index in [4.69, 9.17) is 4.74 Å². The zero-order valence-electron chi connectivity index (χ0n) is 8.50. The van der Waals surface area contributed by atoms with Gasteiger partial charge in [-0.2, -0.15) is 0 Å². The van der Waals surface area contributed by atoms with Gasteiger partial charge in [-0.3, -0.25) is 0 Å². The molecule has 0 aliphatic rings. The van der Waals surface area contributed by atoms with E-state index in [1.165, 1.54) is 16.7 Å². The SMILES string of the molecule is COC=CCc1c(C)cccc1C. The summed E-state index contributed by atoms with van der Waals surface area (Å²) in [5, 5.41) is 0. The molecule has 1 aromatic carbocycles. The lowest BCUT2D eigenvalue weighted by molar-refractivity contribution is 0.337. The topological polar surface area (TPSA) is 9.23 Å². The monoisotopic (exact) mass is 176 g/mol. The van der Waals surface area contributed by atoms with Crippen molar-refractivity contribution in [2.45, 2.75) is 20.3 Å². The summed E-state index contributed by atoms with van der Waals surface area (Å²) in [4.78, 5) is 0. The van der Waals surface area contributed by atoms with E-state index >= 15 is 0 Å². The number of benzene rings is 1. The molecule has 0 aliphatic carbocycles. The molecule has 0 amide bonds. The highest BCUT2D eigenvalue weighted by Gasteiger charge is 1.98. The number of ether oxygens (including phenoxy) is 1. The van der Waals surface area contributed by atoms with Crippen LogP contribution in [-0.4, -0.2) is 7.11 Å². The quantitative estimate of drug-likeness (QED) is 0.643. The average molecular weight is 176 g/mol. The van der Waals surface area contributed by atoms with Gasteiger partial charge in [0.1, 0.15) is 0 Å². The number of rotatable bonds is 3. The predicted molar refractivity (Wildman–Crippen MR) is 55.8 cm³/mol. The van der Waals surface area contributed by atoms with Crippen LogP contribution in [0.1, 0.15) is 16.7 Å². The lowest BCUT2D eigenvalue weighted by atomic mass is 10.0. The third-order valence-corrected chi connectivity index (χ3v) is 2.20. The highest BCUT2D eigenvalue weighted by atomic mass is 16.5. The summed E-state index contributed by atoms with van der Waals surface area (Å²) in [7, 11) is 1.67. The summed E-state index contributed by atoms with van der Waals surface area (Å²) >= 11 is 0. The van der Waals surface area contributed by atoms with E-state index < -0.39 is 0 Å². The van der Waals surface area contributed by atoms with Crippen LogP contribution in [-0.2, 0) is 11.2 Å². The lowest BCUT2D eigenvalue weighted by Gasteiger charge is -2.06. The maximum Gasteiger partial charge on any atom is 0.0788 e. The lowest BCUT2D eigenvalue weighted by Crippen LogP contribution is -1.91. The van der Waals surface area contributed by atoms with Crippen LogP contribution in [0.2, 0.25) is 0 Å². The van der Waals surface area contributed by atoms with Crippen molar-refractivity contribution in [3.63, 3.8) is 0 Å². The molecule has 1 nitrogen and oxygen atoms in total. The number of methoxy groups -OCH3 is 1. The summed E-state index contributed by atoms with van der Waals surface area (Å²) in [5.74, 6) is 0. The van der Waals surface area contributed by atoms with Crippen LogP contribution in [0.25, 0.3) is 0 Å². The molecule has 0 fully saturated rings. The molecular formula is C12H16O. The number of hydrogen-bond donors (Lipinski definition) is 0. The van der Waals surface area contributed by atoms with Crippen molar-refractivity contribution in [1.29, 1.82) is 0 Å². The Morgan fingerprint density at radius 2 is 1.85 bits per heavy atom. The first-order valence-electron chi connectivity index (χ1n) is 4.48. The molecule has 13 heavy (non-hydrogen) atoms. The summed E-state index contributed by atoms with van der Waals surface area (Å²) < 4.78 is 4.86. The van der Waals surface area contributed by atoms with Gasteiger partial charge in [0.15, 0.2) is 0 Å². The summed E-state index contributed by atoms with van der Waals surface area (Å²) in [6.45, 7) is 4.28. The maximum atomic E-state index is 4.86. The second-order valence-electron chi connectivity index (χ2n) is 3.18. The Balaban J connectivity index is 2.81. The molecule has 0 N–H and O–H groups in total. The van der Waals surface area contributed by atoms with Crippen LogP contribution >= 0.6 is 0 Å². The van der Waals surface area contributed by atoms with Gasteiger partial charge >= 0.3 is 0 Å². The predicted octanol–water partition coefficient (Wildman–Crippen LogP) is 3.01. The molecule has 1 aromatic rings. The molecule has 1 heteroatoms. The van der Waals surface area contributed by atoms with E-state index in [0.717, 1.165) is 6.42 Å². The van der Waals surface area contributed by atoms with Crippen LogP contribution in [0.5, 0.6) is 0 Å². The van der Waals surface area contributed by atoms with Gasteiger partial charge in [-0.25, -0.2) is 0 Å². The highest BCUT2D eigenvalue weighted by Crippen LogP contribution is 2.13. The average Bonchev–Trinajstić information content (AvgIpc) is 2.10. The Bertz CT molecular complexity index is 280. The van der Waals surface area contributed by atoms with Crippen molar-refractivity contribution in [2.24, 2.45) is 0 Å². The van der Waals surface area contributed by atoms with Crippen LogP contribution < -0.4 is 0 Å². The molecule has 0 spiro atoms. The fraction of sp³-hybridized carbons (Fsp3) is 0.333. The van der Waals surface area contributed by atoms with E-state index in [-0.39, 0.29) is 0 Å². The van der Waals surface area contributed by atoms with Gasteiger partial charge in [-0.1, -0.05) is 18.2 Å². The third-order valence-electron chi connectivity index (χ3n) is 2.20. The van der Waals surface area contributed by atoms with Crippen molar-refractivity contribution in [1.82, 2.24) is 0 Å². The van der Waals surface area contributed by atoms with Crippen molar-refractivity contribution >= 4 is 0 Å². The molecule has 0 aliphatic heterocycles. The molecular weight excluding hydrogens is 160 g/mol. The van der Waals surface area contributed by atoms with E-state index in [9.17, 15) is 0 Å². The van der Waals surface area contributed by atoms with Gasteiger partial charge in [0.25, 0.3) is 0 Å². The largest absolute Gasteiger partial charge is 0.505 e. The molecule has 0 saturated carbocycles. The Morgan fingerprint density at radius 1 is 1.23 bits per heavy atom. The fourth-order valence-corrected chi connectivity index (χ4v) is 1.43. The Morgan fingerprint density at radius 3 is 2.38 bits per heavy atom. The van der Waals surface area contributed by atoms with Crippen molar-refractivity contribution in [2.75, 3.05) is 7.11 Å². The van der Waals surface area contributed by atoms with Gasteiger partial charge < -0.3 is 4.74 Å². The minimum atomic E-state index is 0.951. The molecule has 0 bridgehead atoms. The van der Waals surface area contributed by atoms with Gasteiger partial charge in [-0.15, -0.1) is 0 Å². The van der Waals surface area contributed by atoms with Gasteiger partial charge in [-0.05, 0) is 43.0 Å². The smallest absolute Gasteiger partial charge is 0.0788 e. The molecule has 0 saturated heterocycles. The third kappa shape index (κ3) is 2.62. The first-order chi connectivity index (χ1) is 6.25. The first kappa shape index (κ1) is 9.85. The normalized spacial score (nSPS) is 10.7. The molecule has 0 aromatic heterocycles. The number of hydrogen-bond acceptors (Lipinski definition) is 1. The van der Waals surface area contributed by atoms with Crippen molar-refractivity contribution in [3.8, 4) is 0 Å². The molecule has 0 radical (unpaired) electrons. The van der Waals surface area contributed by atoms with Crippen molar-refractivity contribution < 1.29 is 4.74 Å². The Kier molecular flexibility index (Phi) is 3.56. The summed E-state index contributed by atoms with van der Waals surface area (Å²) in [6, 6.07) is 6.38. The highest BCUT2D eigenvalue weighted by molar-refractivity contribution is 5.34.